The van der Waals surface area contributed by atoms with Crippen LogP contribution in [0.2, 0.25) is 0 Å². The summed E-state index contributed by atoms with van der Waals surface area (Å²) in [6.45, 7) is 3.05. The average Bonchev–Trinajstić information content (AvgIpc) is 3.32. The number of nitrogens with zero attached hydrogens (tertiary/aromatic N) is 7. The van der Waals surface area contributed by atoms with E-state index in [1.165, 1.54) is 18.7 Å². The summed E-state index contributed by atoms with van der Waals surface area (Å²) in [6.07, 6.45) is 4.60. The Hall–Kier alpha value is -4.29. The molecule has 1 unspecified atom stereocenters. The quantitative estimate of drug-likeness (QED) is 0.365. The summed E-state index contributed by atoms with van der Waals surface area (Å²) in [5, 5.41) is 10.6. The van der Waals surface area contributed by atoms with Crippen LogP contribution in [0.25, 0.3) is 16.7 Å². The Bertz CT molecular complexity index is 1610. The van der Waals surface area contributed by atoms with Crippen LogP contribution in [0.4, 0.5) is 21.7 Å². The molecule has 1 saturated heterocycles. The first-order valence-corrected chi connectivity index (χ1v) is 11.5. The second kappa shape index (κ2) is 9.30. The third-order valence-corrected chi connectivity index (χ3v) is 6.23. The van der Waals surface area contributed by atoms with Gasteiger partial charge in [0.2, 0.25) is 0 Å². The van der Waals surface area contributed by atoms with Gasteiger partial charge in [-0.3, -0.25) is 0 Å². The summed E-state index contributed by atoms with van der Waals surface area (Å²) in [5.74, 6) is 2.23. The molecule has 6 heterocycles. The Labute approximate surface area is 216 Å². The van der Waals surface area contributed by atoms with E-state index >= 15 is 4.39 Å². The van der Waals surface area contributed by atoms with E-state index in [0.717, 1.165) is 25.5 Å². The average molecular weight is 522 g/mol. The molecular weight excluding hydrogens is 501 g/mol. The third-order valence-electron chi connectivity index (χ3n) is 6.23. The minimum Gasteiger partial charge on any atom is -0.488 e. The predicted molar refractivity (Wildman–Crippen MR) is 137 cm³/mol. The van der Waals surface area contributed by atoms with E-state index in [1.54, 1.807) is 35.0 Å². The lowest BCUT2D eigenvalue weighted by molar-refractivity contribution is 0.271. The van der Waals surface area contributed by atoms with Gasteiger partial charge in [-0.1, -0.05) is 0 Å². The van der Waals surface area contributed by atoms with Gasteiger partial charge < -0.3 is 25.0 Å². The van der Waals surface area contributed by atoms with Crippen molar-refractivity contribution in [3.63, 3.8) is 0 Å². The summed E-state index contributed by atoms with van der Waals surface area (Å²) in [6, 6.07) is 10.2. The van der Waals surface area contributed by atoms with Crippen molar-refractivity contribution in [3.05, 3.63) is 61.1 Å². The fourth-order valence-corrected chi connectivity index (χ4v) is 4.49. The number of hydrogen-bond acceptors (Lipinski definition) is 10. The fourth-order valence-electron chi connectivity index (χ4n) is 4.49. The van der Waals surface area contributed by atoms with Crippen molar-refractivity contribution >= 4 is 46.4 Å². The normalized spacial score (nSPS) is 16.5. The summed E-state index contributed by atoms with van der Waals surface area (Å²) in [5.41, 5.74) is 2.03. The van der Waals surface area contributed by atoms with Crippen LogP contribution in [-0.4, -0.2) is 61.8 Å². The molecule has 0 spiro atoms. The number of halogens is 2. The molecule has 5 aromatic rings. The molecule has 2 aliphatic heterocycles. The number of anilines is 3. The molecule has 11 nitrogen and oxygen atoms in total. The maximum Gasteiger partial charge on any atom is 0.172 e. The van der Waals surface area contributed by atoms with E-state index in [0.29, 0.717) is 46.4 Å². The van der Waals surface area contributed by atoms with E-state index in [4.69, 9.17) is 14.5 Å². The summed E-state index contributed by atoms with van der Waals surface area (Å²) < 4.78 is 28.5. The molecule has 4 aromatic heterocycles. The van der Waals surface area contributed by atoms with Crippen molar-refractivity contribution in [2.75, 3.05) is 36.5 Å². The van der Waals surface area contributed by atoms with Gasteiger partial charge in [0.25, 0.3) is 0 Å². The van der Waals surface area contributed by atoms with Crippen LogP contribution >= 0.6 is 12.4 Å². The van der Waals surface area contributed by atoms with Gasteiger partial charge in [-0.25, -0.2) is 28.8 Å². The lowest BCUT2D eigenvalue weighted by Gasteiger charge is -2.31. The van der Waals surface area contributed by atoms with Crippen molar-refractivity contribution in [2.24, 2.45) is 0 Å². The highest BCUT2D eigenvalue weighted by Crippen LogP contribution is 2.35. The zero-order chi connectivity index (χ0) is 24.1. The van der Waals surface area contributed by atoms with Crippen LogP contribution in [0.5, 0.6) is 17.2 Å². The van der Waals surface area contributed by atoms with Gasteiger partial charge in [0.1, 0.15) is 42.1 Å². The van der Waals surface area contributed by atoms with Crippen molar-refractivity contribution in [3.8, 4) is 17.2 Å². The monoisotopic (exact) mass is 521 g/mol. The number of piperazine rings is 1. The molecule has 2 aliphatic rings. The Kier molecular flexibility index (Phi) is 5.81. The van der Waals surface area contributed by atoms with E-state index in [2.05, 4.69) is 35.6 Å². The van der Waals surface area contributed by atoms with Gasteiger partial charge >= 0.3 is 0 Å². The second-order valence-corrected chi connectivity index (χ2v) is 8.60. The molecule has 2 bridgehead atoms. The predicted octanol–water partition coefficient (Wildman–Crippen LogP) is 3.33. The second-order valence-electron chi connectivity index (χ2n) is 8.60. The molecule has 13 heteroatoms. The Morgan fingerprint density at radius 1 is 1.08 bits per heavy atom. The SMILES string of the molecule is Cl.Fc1cc(Oc2ccn3ncnc3c2)ccc1Nc1ncnc2cc3c(nc12)N1CCNC(CO3)C1. The molecule has 0 aliphatic carbocycles. The standard InChI is InChI=1S/C24H20FN9O2.ClH/c25-17-7-15(36-16-3-5-34-21(8-16)28-13-30-34)1-2-18(17)31-23-22-19(27-12-29-23)9-20-24(32-22)33-6-4-26-14(10-33)11-35-20;/h1-3,5,7-9,12-14,26H,4,6,10-11H2,(H,27,29,31);1H. The molecule has 1 atom stereocenters. The molecule has 0 saturated carbocycles. The summed E-state index contributed by atoms with van der Waals surface area (Å²) in [7, 11) is 0. The van der Waals surface area contributed by atoms with Gasteiger partial charge in [0, 0.05) is 44.0 Å². The lowest BCUT2D eigenvalue weighted by Crippen LogP contribution is -2.51. The molecule has 0 radical (unpaired) electrons. The topological polar surface area (TPSA) is 115 Å². The van der Waals surface area contributed by atoms with Gasteiger partial charge in [0.15, 0.2) is 23.0 Å². The van der Waals surface area contributed by atoms with E-state index < -0.39 is 5.82 Å². The first-order chi connectivity index (χ1) is 17.7. The van der Waals surface area contributed by atoms with Gasteiger partial charge in [-0.2, -0.15) is 5.10 Å². The van der Waals surface area contributed by atoms with Crippen LogP contribution in [0.1, 0.15) is 0 Å². The van der Waals surface area contributed by atoms with Crippen LogP contribution in [0.3, 0.4) is 0 Å². The van der Waals surface area contributed by atoms with Crippen LogP contribution in [-0.2, 0) is 0 Å². The Balaban J connectivity index is 0.00000252. The highest BCUT2D eigenvalue weighted by atomic mass is 35.5. The largest absolute Gasteiger partial charge is 0.488 e. The number of hydrogen-bond donors (Lipinski definition) is 2. The highest BCUT2D eigenvalue weighted by Gasteiger charge is 2.28. The number of fused-ring (bicyclic) bond motifs is 6. The minimum absolute atomic E-state index is 0. The fraction of sp³-hybridized carbons (Fsp3) is 0.208. The van der Waals surface area contributed by atoms with Gasteiger partial charge in [-0.05, 0) is 18.2 Å². The molecule has 1 aromatic carbocycles. The zero-order valence-corrected chi connectivity index (χ0v) is 20.2. The third kappa shape index (κ3) is 4.30. The lowest BCUT2D eigenvalue weighted by atomic mass is 10.2. The number of benzene rings is 1. The van der Waals surface area contributed by atoms with Crippen LogP contribution in [0, 0.1) is 5.82 Å². The smallest absolute Gasteiger partial charge is 0.172 e. The number of rotatable bonds is 4. The molecule has 0 amide bonds. The molecule has 188 valence electrons. The molecular formula is C24H21ClFN9O2. The van der Waals surface area contributed by atoms with E-state index in [1.807, 2.05) is 6.07 Å². The molecule has 1 fully saturated rings. The number of ether oxygens (including phenoxy) is 2. The summed E-state index contributed by atoms with van der Waals surface area (Å²) >= 11 is 0. The Morgan fingerprint density at radius 3 is 2.92 bits per heavy atom. The molecule has 7 rings (SSSR count). The van der Waals surface area contributed by atoms with E-state index in [9.17, 15) is 0 Å². The molecule has 2 N–H and O–H groups in total. The number of aromatic nitrogens is 6. The van der Waals surface area contributed by atoms with Crippen molar-refractivity contribution in [2.45, 2.75) is 6.04 Å². The van der Waals surface area contributed by atoms with Gasteiger partial charge in [0.05, 0.1) is 17.2 Å². The van der Waals surface area contributed by atoms with Crippen molar-refractivity contribution in [1.29, 1.82) is 0 Å². The maximum absolute atomic E-state index is 15.1. The Morgan fingerprint density at radius 2 is 2.00 bits per heavy atom. The van der Waals surface area contributed by atoms with Crippen LogP contribution < -0.4 is 25.0 Å². The molecule has 37 heavy (non-hydrogen) atoms. The van der Waals surface area contributed by atoms with E-state index in [-0.39, 0.29) is 24.1 Å². The summed E-state index contributed by atoms with van der Waals surface area (Å²) in [4.78, 5) is 19.9. The van der Waals surface area contributed by atoms with Crippen molar-refractivity contribution in [1.82, 2.24) is 34.9 Å². The minimum atomic E-state index is -0.495. The first-order valence-electron chi connectivity index (χ1n) is 11.5. The number of pyridine rings is 2. The maximum atomic E-state index is 15.1. The highest BCUT2D eigenvalue weighted by molar-refractivity contribution is 5.90. The zero-order valence-electron chi connectivity index (χ0n) is 19.3. The van der Waals surface area contributed by atoms with Crippen LogP contribution in [0.15, 0.2) is 55.2 Å². The van der Waals surface area contributed by atoms with Crippen molar-refractivity contribution < 1.29 is 13.9 Å². The van der Waals surface area contributed by atoms with Gasteiger partial charge in [-0.15, -0.1) is 12.4 Å². The number of nitrogens with one attached hydrogen (secondary N) is 2. The first kappa shape index (κ1) is 23.1.